The first-order valence-corrected chi connectivity index (χ1v) is 11.8. The van der Waals surface area contributed by atoms with Gasteiger partial charge in [-0.2, -0.15) is 0 Å². The first kappa shape index (κ1) is 27.4. The zero-order valence-electron chi connectivity index (χ0n) is 20.1. The van der Waals surface area contributed by atoms with Crippen molar-refractivity contribution in [2.24, 2.45) is 0 Å². The number of nitrogens with one attached hydrogen (secondary N) is 1. The van der Waals surface area contributed by atoms with Crippen LogP contribution in [0.5, 0.6) is 0 Å². The number of halogens is 2. The number of carbonyl (C=O) groups is 3. The number of benzene rings is 2. The van der Waals surface area contributed by atoms with Crippen molar-refractivity contribution in [3.05, 3.63) is 70.1 Å². The number of fused-ring (bicyclic) bond motifs is 1. The molecule has 1 aliphatic rings. The lowest BCUT2D eigenvalue weighted by Crippen LogP contribution is -2.57. The number of H-pyrrole nitrogens is 1. The summed E-state index contributed by atoms with van der Waals surface area (Å²) in [6.07, 6.45) is 1.47. The summed E-state index contributed by atoms with van der Waals surface area (Å²) in [5.74, 6) is -1.79. The van der Waals surface area contributed by atoms with Gasteiger partial charge in [-0.25, -0.2) is 4.39 Å². The Labute approximate surface area is 215 Å². The van der Waals surface area contributed by atoms with Gasteiger partial charge < -0.3 is 14.8 Å². The van der Waals surface area contributed by atoms with Crippen LogP contribution in [-0.2, 0) is 11.3 Å². The average molecular weight is 515 g/mol. The zero-order valence-corrected chi connectivity index (χ0v) is 20.9. The Bertz CT molecular complexity index is 1290. The van der Waals surface area contributed by atoms with Crippen molar-refractivity contribution in [3.63, 3.8) is 0 Å². The molecule has 1 saturated heterocycles. The Kier molecular flexibility index (Phi) is 8.21. The van der Waals surface area contributed by atoms with Gasteiger partial charge in [-0.15, -0.1) is 0 Å². The van der Waals surface area contributed by atoms with E-state index < -0.39 is 11.7 Å². The van der Waals surface area contributed by atoms with Gasteiger partial charge in [0.1, 0.15) is 5.82 Å². The fourth-order valence-electron chi connectivity index (χ4n) is 4.49. The maximum absolute atomic E-state index is 13.6. The Morgan fingerprint density at radius 2 is 1.72 bits per heavy atom. The maximum atomic E-state index is 13.6. The normalized spacial score (nSPS) is 18.1. The Morgan fingerprint density at radius 1 is 1.06 bits per heavy atom. The van der Waals surface area contributed by atoms with Gasteiger partial charge in [0.25, 0.3) is 17.6 Å². The first-order chi connectivity index (χ1) is 16.6. The van der Waals surface area contributed by atoms with E-state index in [9.17, 15) is 18.8 Å². The van der Waals surface area contributed by atoms with Crippen LogP contribution in [0.25, 0.3) is 10.9 Å². The summed E-state index contributed by atoms with van der Waals surface area (Å²) in [4.78, 5) is 46.7. The third-order valence-electron chi connectivity index (χ3n) is 6.52. The molecule has 3 aromatic rings. The van der Waals surface area contributed by atoms with E-state index in [0.29, 0.717) is 30.5 Å². The quantitative estimate of drug-likeness (QED) is 0.399. The number of amides is 2. The van der Waals surface area contributed by atoms with Crippen LogP contribution in [0.1, 0.15) is 47.6 Å². The van der Waals surface area contributed by atoms with Crippen LogP contribution in [0.3, 0.4) is 0 Å². The van der Waals surface area contributed by atoms with Gasteiger partial charge >= 0.3 is 0 Å². The Balaban J connectivity index is 0.00000361. The minimum atomic E-state index is -0.654. The third-order valence-corrected chi connectivity index (χ3v) is 6.83. The lowest BCUT2D eigenvalue weighted by molar-refractivity contribution is -0.124. The minimum Gasteiger partial charge on any atom is -0.360 e. The van der Waals surface area contributed by atoms with Crippen LogP contribution in [0.2, 0.25) is 5.02 Å². The molecule has 7 nitrogen and oxygen atoms in total. The van der Waals surface area contributed by atoms with Crippen molar-refractivity contribution >= 4 is 40.1 Å². The molecular weight excluding hydrogens is 483 g/mol. The second kappa shape index (κ2) is 10.8. The van der Waals surface area contributed by atoms with Crippen molar-refractivity contribution in [1.82, 2.24) is 19.7 Å². The number of ketones is 1. The summed E-state index contributed by atoms with van der Waals surface area (Å²) in [6, 6.07) is 9.64. The van der Waals surface area contributed by atoms with E-state index in [1.54, 1.807) is 29.2 Å². The molecule has 0 radical (unpaired) electrons. The molecule has 36 heavy (non-hydrogen) atoms. The van der Waals surface area contributed by atoms with Crippen LogP contribution < -0.4 is 0 Å². The smallest absolute Gasteiger partial charge is 0.294 e. The number of aromatic amines is 1. The highest BCUT2D eigenvalue weighted by molar-refractivity contribution is 6.45. The van der Waals surface area contributed by atoms with Gasteiger partial charge in [-0.1, -0.05) is 31.2 Å². The molecule has 1 fully saturated rings. The monoisotopic (exact) mass is 514 g/mol. The van der Waals surface area contributed by atoms with Crippen LogP contribution in [0, 0.1) is 5.82 Å². The van der Waals surface area contributed by atoms with Gasteiger partial charge in [0, 0.05) is 62.9 Å². The molecule has 2 aromatic carbocycles. The minimum absolute atomic E-state index is 0. The largest absolute Gasteiger partial charge is 0.360 e. The van der Waals surface area contributed by atoms with Crippen LogP contribution in [-0.4, -0.2) is 76.5 Å². The second-order valence-corrected chi connectivity index (χ2v) is 9.73. The number of rotatable bonds is 5. The van der Waals surface area contributed by atoms with Crippen LogP contribution in [0.4, 0.5) is 4.39 Å². The molecule has 2 atom stereocenters. The molecule has 1 aromatic heterocycles. The van der Waals surface area contributed by atoms with E-state index in [4.69, 9.17) is 11.6 Å². The van der Waals surface area contributed by atoms with E-state index in [2.05, 4.69) is 16.8 Å². The summed E-state index contributed by atoms with van der Waals surface area (Å²) >= 11 is 6.48. The van der Waals surface area contributed by atoms with Gasteiger partial charge in [0.15, 0.2) is 0 Å². The lowest BCUT2D eigenvalue weighted by Gasteiger charge is -2.44. The first-order valence-electron chi connectivity index (χ1n) is 11.4. The number of likely N-dealkylation sites (N-methyl/N-ethyl adjacent to an activating group) is 1. The summed E-state index contributed by atoms with van der Waals surface area (Å²) in [5.41, 5.74) is 2.08. The van der Waals surface area contributed by atoms with Crippen molar-refractivity contribution in [2.75, 3.05) is 27.2 Å². The van der Waals surface area contributed by atoms with E-state index in [1.165, 1.54) is 37.3 Å². The summed E-state index contributed by atoms with van der Waals surface area (Å²) in [7, 11) is 3.03. The SMILES string of the molecule is C.C[C@@H]1CN(Cc2ccc(F)cc2)[C@@H](C)CN1C(=O)c1cc2c(C(=O)C(=O)N(C)C)c[nH]c2cc1Cl. The molecule has 9 heteroatoms. The molecule has 0 saturated carbocycles. The highest BCUT2D eigenvalue weighted by Gasteiger charge is 2.33. The number of nitrogens with zero attached hydrogens (tertiary/aromatic N) is 3. The zero-order chi connectivity index (χ0) is 25.4. The van der Waals surface area contributed by atoms with Gasteiger partial charge in [0.2, 0.25) is 0 Å². The third kappa shape index (κ3) is 5.29. The summed E-state index contributed by atoms with van der Waals surface area (Å²) in [5, 5.41) is 0.754. The number of piperazine rings is 1. The van der Waals surface area contributed by atoms with Gasteiger partial charge in [0.05, 0.1) is 16.1 Å². The molecule has 0 aliphatic carbocycles. The lowest BCUT2D eigenvalue weighted by atomic mass is 10.0. The number of carbonyl (C=O) groups excluding carboxylic acids is 3. The van der Waals surface area contributed by atoms with Crippen molar-refractivity contribution in [1.29, 1.82) is 0 Å². The summed E-state index contributed by atoms with van der Waals surface area (Å²) < 4.78 is 13.3. The highest BCUT2D eigenvalue weighted by atomic mass is 35.5. The molecule has 0 bridgehead atoms. The number of hydrogen-bond acceptors (Lipinski definition) is 4. The Hall–Kier alpha value is -3.23. The molecule has 192 valence electrons. The average Bonchev–Trinajstić information content (AvgIpc) is 3.23. The Morgan fingerprint density at radius 3 is 2.36 bits per heavy atom. The summed E-state index contributed by atoms with van der Waals surface area (Å²) in [6.45, 7) is 5.84. The topological polar surface area (TPSA) is 76.7 Å². The van der Waals surface area contributed by atoms with Crippen LogP contribution >= 0.6 is 11.6 Å². The molecule has 4 rings (SSSR count). The molecule has 2 amide bonds. The number of hydrogen-bond donors (Lipinski definition) is 1. The predicted octanol–water partition coefficient (Wildman–Crippen LogP) is 4.60. The predicted molar refractivity (Wildman–Crippen MR) is 140 cm³/mol. The van der Waals surface area contributed by atoms with Gasteiger partial charge in [-0.05, 0) is 43.7 Å². The molecule has 0 spiro atoms. The van der Waals surface area contributed by atoms with Crippen molar-refractivity contribution in [2.45, 2.75) is 39.9 Å². The molecule has 1 N–H and O–H groups in total. The molecule has 2 heterocycles. The fraction of sp³-hybridized carbons (Fsp3) is 0.370. The number of aromatic nitrogens is 1. The van der Waals surface area contributed by atoms with E-state index >= 15 is 0 Å². The van der Waals surface area contributed by atoms with Crippen molar-refractivity contribution in [3.8, 4) is 0 Å². The highest BCUT2D eigenvalue weighted by Crippen LogP contribution is 2.29. The molecular formula is C27H32ClFN4O3. The molecule has 1 aliphatic heterocycles. The van der Waals surface area contributed by atoms with Crippen molar-refractivity contribution < 1.29 is 18.8 Å². The van der Waals surface area contributed by atoms with E-state index in [0.717, 1.165) is 5.56 Å². The van der Waals surface area contributed by atoms with Crippen LogP contribution in [0.15, 0.2) is 42.6 Å². The standard InChI is InChI=1S/C26H28ClFN4O3.CH4/c1-15-13-32(16(2)12-31(15)14-17-5-7-18(28)8-6-17)25(34)20-9-19-21(24(33)26(35)30(3)4)11-29-23(19)10-22(20)27;/h5-11,15-16,29H,12-14H2,1-4H3;1H4/t15-,16+;/m0./s1. The van der Waals surface area contributed by atoms with E-state index in [-0.39, 0.29) is 47.4 Å². The number of Topliss-reactive ketones (excluding diaryl/α,β-unsaturated/α-hetero) is 1. The fourth-order valence-corrected chi connectivity index (χ4v) is 4.74. The molecule has 0 unspecified atom stereocenters. The van der Waals surface area contributed by atoms with E-state index in [1.807, 2.05) is 6.92 Å². The van der Waals surface area contributed by atoms with Gasteiger partial charge in [-0.3, -0.25) is 19.3 Å². The second-order valence-electron chi connectivity index (χ2n) is 9.32. The maximum Gasteiger partial charge on any atom is 0.294 e.